The molecule has 0 fully saturated rings. The molecule has 0 saturated carbocycles. The molecule has 1 aromatic heterocycles. The summed E-state index contributed by atoms with van der Waals surface area (Å²) in [6.45, 7) is 6.85. The van der Waals surface area contributed by atoms with Crippen LogP contribution in [0.2, 0.25) is 0 Å². The minimum atomic E-state index is -0.335. The monoisotopic (exact) mass is 329 g/mol. The number of nitrogens with zero attached hydrogens (tertiary/aromatic N) is 2. The molecule has 0 spiro atoms. The Hall–Kier alpha value is -0.680. The van der Waals surface area contributed by atoms with E-state index in [-0.39, 0.29) is 6.10 Å². The minimum Gasteiger partial charge on any atom is -0.391 e. The zero-order chi connectivity index (χ0) is 14.3. The number of rotatable bonds is 8. The number of nitrogens with one attached hydrogen (secondary N) is 1. The predicted molar refractivity (Wildman–Crippen MR) is 82.3 cm³/mol. The molecule has 0 bridgehead atoms. The molecule has 108 valence electrons. The van der Waals surface area contributed by atoms with Crippen LogP contribution in [0.4, 0.5) is 5.82 Å². The van der Waals surface area contributed by atoms with Crippen LogP contribution in [-0.2, 0) is 6.42 Å². The van der Waals surface area contributed by atoms with Gasteiger partial charge in [-0.2, -0.15) is 0 Å². The molecule has 0 radical (unpaired) electrons. The summed E-state index contributed by atoms with van der Waals surface area (Å²) in [5.41, 5.74) is 0. The van der Waals surface area contributed by atoms with Crippen LogP contribution in [0, 0.1) is 5.92 Å². The fourth-order valence-electron chi connectivity index (χ4n) is 2.10. The number of aromatic nitrogens is 2. The van der Waals surface area contributed by atoms with Gasteiger partial charge >= 0.3 is 0 Å². The summed E-state index contributed by atoms with van der Waals surface area (Å²) >= 11 is 3.39. The van der Waals surface area contributed by atoms with Gasteiger partial charge in [0.25, 0.3) is 0 Å². The Balaban J connectivity index is 2.61. The summed E-state index contributed by atoms with van der Waals surface area (Å²) < 4.78 is 0.783. The first-order chi connectivity index (χ1) is 9.10. The maximum absolute atomic E-state index is 10.1. The summed E-state index contributed by atoms with van der Waals surface area (Å²) in [6.07, 6.45) is 3.54. The van der Waals surface area contributed by atoms with E-state index in [4.69, 9.17) is 0 Å². The van der Waals surface area contributed by atoms with Gasteiger partial charge in [0.1, 0.15) is 16.2 Å². The molecular weight excluding hydrogens is 306 g/mol. The van der Waals surface area contributed by atoms with Gasteiger partial charge in [-0.1, -0.05) is 33.6 Å². The van der Waals surface area contributed by atoms with Crippen molar-refractivity contribution in [1.82, 2.24) is 9.97 Å². The van der Waals surface area contributed by atoms with E-state index in [0.29, 0.717) is 12.5 Å². The first-order valence-corrected chi connectivity index (χ1v) is 7.85. The molecule has 0 amide bonds. The van der Waals surface area contributed by atoms with E-state index in [1.165, 1.54) is 0 Å². The molecule has 1 atom stereocenters. The van der Waals surface area contributed by atoms with Crippen LogP contribution < -0.4 is 5.32 Å². The first-order valence-electron chi connectivity index (χ1n) is 7.06. The molecular formula is C14H24BrN3O. The molecule has 0 saturated heterocycles. The van der Waals surface area contributed by atoms with Gasteiger partial charge in [0.15, 0.2) is 0 Å². The number of hydrogen-bond donors (Lipinski definition) is 2. The van der Waals surface area contributed by atoms with Gasteiger partial charge in [-0.05, 0) is 28.3 Å². The maximum atomic E-state index is 10.1. The lowest BCUT2D eigenvalue weighted by atomic mass is 9.97. The summed E-state index contributed by atoms with van der Waals surface area (Å²) in [5.74, 6) is 1.94. The van der Waals surface area contributed by atoms with Crippen molar-refractivity contribution >= 4 is 21.7 Å². The topological polar surface area (TPSA) is 58.0 Å². The highest BCUT2D eigenvalue weighted by molar-refractivity contribution is 9.10. The van der Waals surface area contributed by atoms with E-state index in [1.54, 1.807) is 0 Å². The lowest BCUT2D eigenvalue weighted by Gasteiger charge is -2.20. The van der Waals surface area contributed by atoms with E-state index in [1.807, 2.05) is 6.07 Å². The molecule has 0 aliphatic heterocycles. The highest BCUT2D eigenvalue weighted by Crippen LogP contribution is 2.16. The Labute approximate surface area is 124 Å². The van der Waals surface area contributed by atoms with Crippen LogP contribution in [0.3, 0.4) is 0 Å². The van der Waals surface area contributed by atoms with Gasteiger partial charge in [0, 0.05) is 19.0 Å². The Morgan fingerprint density at radius 1 is 1.26 bits per heavy atom. The van der Waals surface area contributed by atoms with Gasteiger partial charge in [0.05, 0.1) is 6.10 Å². The molecule has 0 aromatic carbocycles. The van der Waals surface area contributed by atoms with Crippen molar-refractivity contribution in [2.45, 2.75) is 52.6 Å². The summed E-state index contributed by atoms with van der Waals surface area (Å²) in [5, 5.41) is 13.3. The lowest BCUT2D eigenvalue weighted by molar-refractivity contribution is 0.114. The SMILES string of the molecule is CCCc1nc(Br)cc(NCC(O)C(CC)CC)n1. The largest absolute Gasteiger partial charge is 0.391 e. The van der Waals surface area contributed by atoms with Crippen LogP contribution in [0.15, 0.2) is 10.7 Å². The second-order valence-corrected chi connectivity index (χ2v) is 5.58. The molecule has 4 nitrogen and oxygen atoms in total. The Bertz CT molecular complexity index is 383. The Morgan fingerprint density at radius 3 is 2.53 bits per heavy atom. The third-order valence-corrected chi connectivity index (χ3v) is 3.71. The van der Waals surface area contributed by atoms with E-state index in [0.717, 1.165) is 41.9 Å². The van der Waals surface area contributed by atoms with Crippen LogP contribution >= 0.6 is 15.9 Å². The Morgan fingerprint density at radius 2 is 1.95 bits per heavy atom. The predicted octanol–water partition coefficient (Wildman–Crippen LogP) is 3.40. The molecule has 19 heavy (non-hydrogen) atoms. The van der Waals surface area contributed by atoms with E-state index < -0.39 is 0 Å². The van der Waals surface area contributed by atoms with Crippen molar-refractivity contribution in [3.05, 3.63) is 16.5 Å². The van der Waals surface area contributed by atoms with Crippen molar-refractivity contribution < 1.29 is 5.11 Å². The fourth-order valence-corrected chi connectivity index (χ4v) is 2.52. The third kappa shape index (κ3) is 5.45. The second kappa shape index (κ2) is 8.48. The lowest BCUT2D eigenvalue weighted by Crippen LogP contribution is -2.28. The summed E-state index contributed by atoms with van der Waals surface area (Å²) in [6, 6.07) is 1.85. The standard InChI is InChI=1S/C14H24BrN3O/c1-4-7-13-17-12(15)8-14(18-13)16-9-11(19)10(5-2)6-3/h8,10-11,19H,4-7,9H2,1-3H3,(H,16,17,18). The van der Waals surface area contributed by atoms with E-state index in [9.17, 15) is 5.11 Å². The normalized spacial score (nSPS) is 12.7. The van der Waals surface area contributed by atoms with Gasteiger partial charge < -0.3 is 10.4 Å². The van der Waals surface area contributed by atoms with Crippen LogP contribution in [-0.4, -0.2) is 27.7 Å². The molecule has 1 aromatic rings. The van der Waals surface area contributed by atoms with Crippen LogP contribution in [0.25, 0.3) is 0 Å². The highest BCUT2D eigenvalue weighted by atomic mass is 79.9. The molecule has 2 N–H and O–H groups in total. The third-order valence-electron chi connectivity index (χ3n) is 3.30. The smallest absolute Gasteiger partial charge is 0.132 e. The average molecular weight is 330 g/mol. The maximum Gasteiger partial charge on any atom is 0.132 e. The van der Waals surface area contributed by atoms with Crippen molar-refractivity contribution in [2.75, 3.05) is 11.9 Å². The van der Waals surface area contributed by atoms with Crippen molar-refractivity contribution in [3.8, 4) is 0 Å². The number of hydrogen-bond acceptors (Lipinski definition) is 4. The van der Waals surface area contributed by atoms with Crippen molar-refractivity contribution in [1.29, 1.82) is 0 Å². The average Bonchev–Trinajstić information content (AvgIpc) is 2.37. The van der Waals surface area contributed by atoms with Crippen molar-refractivity contribution in [2.24, 2.45) is 5.92 Å². The fraction of sp³-hybridized carbons (Fsp3) is 0.714. The second-order valence-electron chi connectivity index (χ2n) is 4.77. The number of aryl methyl sites for hydroxylation is 1. The van der Waals surface area contributed by atoms with E-state index in [2.05, 4.69) is 52.0 Å². The van der Waals surface area contributed by atoms with Gasteiger partial charge in [-0.25, -0.2) is 9.97 Å². The molecule has 0 aliphatic carbocycles. The van der Waals surface area contributed by atoms with Crippen LogP contribution in [0.1, 0.15) is 45.9 Å². The van der Waals surface area contributed by atoms with Gasteiger partial charge in [0.2, 0.25) is 0 Å². The summed E-state index contributed by atoms with van der Waals surface area (Å²) in [4.78, 5) is 8.76. The minimum absolute atomic E-state index is 0.335. The van der Waals surface area contributed by atoms with Gasteiger partial charge in [-0.3, -0.25) is 0 Å². The number of halogens is 1. The Kier molecular flexibility index (Phi) is 7.31. The van der Waals surface area contributed by atoms with E-state index >= 15 is 0 Å². The highest BCUT2D eigenvalue weighted by Gasteiger charge is 2.15. The molecule has 1 unspecified atom stereocenters. The first kappa shape index (κ1) is 16.4. The number of aliphatic hydroxyl groups is 1. The van der Waals surface area contributed by atoms with Crippen LogP contribution in [0.5, 0.6) is 0 Å². The molecule has 1 rings (SSSR count). The quantitative estimate of drug-likeness (QED) is 0.717. The number of anilines is 1. The zero-order valence-corrected chi connectivity index (χ0v) is 13.6. The molecule has 0 aliphatic rings. The van der Waals surface area contributed by atoms with Crippen molar-refractivity contribution in [3.63, 3.8) is 0 Å². The molecule has 5 heteroatoms. The number of aliphatic hydroxyl groups excluding tert-OH is 1. The zero-order valence-electron chi connectivity index (χ0n) is 12.0. The summed E-state index contributed by atoms with van der Waals surface area (Å²) in [7, 11) is 0. The molecule has 1 heterocycles. The van der Waals surface area contributed by atoms with Gasteiger partial charge in [-0.15, -0.1) is 0 Å².